The molecule has 5 heterocycles. The molecule has 2 aromatic heterocycles. The molecule has 3 aliphatic heterocycles. The van der Waals surface area contributed by atoms with Crippen molar-refractivity contribution in [1.29, 1.82) is 0 Å². The number of amides is 1. The van der Waals surface area contributed by atoms with E-state index in [-0.39, 0.29) is 11.9 Å². The minimum atomic E-state index is 0.188. The number of rotatable bonds is 7. The van der Waals surface area contributed by atoms with E-state index in [9.17, 15) is 4.79 Å². The fraction of sp³-hybridized carbons (Fsp3) is 0.552. The van der Waals surface area contributed by atoms with Gasteiger partial charge in [-0.3, -0.25) is 9.69 Å². The van der Waals surface area contributed by atoms with Gasteiger partial charge in [0.05, 0.1) is 23.5 Å². The van der Waals surface area contributed by atoms with Crippen molar-refractivity contribution in [3.63, 3.8) is 0 Å². The number of piperazine rings is 1. The van der Waals surface area contributed by atoms with Gasteiger partial charge in [0, 0.05) is 81.1 Å². The van der Waals surface area contributed by atoms with E-state index >= 15 is 0 Å². The van der Waals surface area contributed by atoms with Gasteiger partial charge < -0.3 is 25.4 Å². The number of fused-ring (bicyclic) bond motifs is 1. The summed E-state index contributed by atoms with van der Waals surface area (Å²) >= 11 is 6.52. The molecule has 39 heavy (non-hydrogen) atoms. The number of nitrogens with one attached hydrogen (secondary N) is 3. The van der Waals surface area contributed by atoms with Gasteiger partial charge in [-0.05, 0) is 44.2 Å². The first-order chi connectivity index (χ1) is 19.1. The number of likely N-dealkylation sites (tertiary alicyclic amines) is 2. The Balaban J connectivity index is 1.02. The molecule has 0 aliphatic carbocycles. The number of hydrogen-bond donors (Lipinski definition) is 3. The Hall–Kier alpha value is -2.72. The summed E-state index contributed by atoms with van der Waals surface area (Å²) in [7, 11) is 0. The van der Waals surface area contributed by atoms with Crippen LogP contribution >= 0.6 is 11.6 Å². The second-order valence-electron chi connectivity index (χ2n) is 11.2. The number of anilines is 1. The second-order valence-corrected chi connectivity index (χ2v) is 11.6. The third-order valence-electron chi connectivity index (χ3n) is 8.48. The molecule has 1 aromatic carbocycles. The van der Waals surface area contributed by atoms with Crippen molar-refractivity contribution in [2.24, 2.45) is 5.92 Å². The highest BCUT2D eigenvalue weighted by Crippen LogP contribution is 2.32. The van der Waals surface area contributed by atoms with Gasteiger partial charge in [-0.15, -0.1) is 0 Å². The Labute approximate surface area is 235 Å². The molecule has 1 atom stereocenters. The summed E-state index contributed by atoms with van der Waals surface area (Å²) in [5.74, 6) is 1.55. The molecule has 3 fully saturated rings. The Morgan fingerprint density at radius 1 is 1.05 bits per heavy atom. The maximum atomic E-state index is 13.2. The monoisotopic (exact) mass is 550 g/mol. The van der Waals surface area contributed by atoms with Crippen LogP contribution in [0.5, 0.6) is 0 Å². The van der Waals surface area contributed by atoms with Crippen molar-refractivity contribution in [2.45, 2.75) is 31.7 Å². The molecular weight excluding hydrogens is 512 g/mol. The van der Waals surface area contributed by atoms with Gasteiger partial charge in [0.25, 0.3) is 0 Å². The van der Waals surface area contributed by atoms with Crippen LogP contribution in [0, 0.1) is 5.92 Å². The van der Waals surface area contributed by atoms with Gasteiger partial charge in [-0.25, -0.2) is 9.97 Å². The van der Waals surface area contributed by atoms with Crippen molar-refractivity contribution in [1.82, 2.24) is 35.0 Å². The first kappa shape index (κ1) is 26.5. The van der Waals surface area contributed by atoms with Crippen LogP contribution in [0.1, 0.15) is 25.7 Å². The Morgan fingerprint density at radius 2 is 1.87 bits per heavy atom. The maximum Gasteiger partial charge on any atom is 0.236 e. The minimum absolute atomic E-state index is 0.188. The van der Waals surface area contributed by atoms with E-state index in [1.54, 1.807) is 6.20 Å². The van der Waals surface area contributed by atoms with Crippen LogP contribution < -0.4 is 10.6 Å². The van der Waals surface area contributed by atoms with Crippen molar-refractivity contribution in [3.05, 3.63) is 41.7 Å². The third-order valence-corrected chi connectivity index (χ3v) is 8.76. The lowest BCUT2D eigenvalue weighted by Crippen LogP contribution is -2.50. The number of halogens is 1. The number of piperidine rings is 2. The molecule has 0 bridgehead atoms. The zero-order valence-corrected chi connectivity index (χ0v) is 23.3. The smallest absolute Gasteiger partial charge is 0.236 e. The number of benzene rings is 1. The number of aromatic nitrogens is 3. The van der Waals surface area contributed by atoms with Gasteiger partial charge in [0.15, 0.2) is 0 Å². The van der Waals surface area contributed by atoms with E-state index in [1.807, 2.05) is 24.4 Å². The predicted molar refractivity (Wildman–Crippen MR) is 156 cm³/mol. The molecule has 3 saturated heterocycles. The molecule has 0 radical (unpaired) electrons. The second kappa shape index (κ2) is 12.2. The van der Waals surface area contributed by atoms with E-state index in [1.165, 1.54) is 6.54 Å². The number of aromatic amines is 1. The fourth-order valence-corrected chi connectivity index (χ4v) is 6.50. The van der Waals surface area contributed by atoms with Gasteiger partial charge in [-0.2, -0.15) is 0 Å². The summed E-state index contributed by atoms with van der Waals surface area (Å²) in [5.41, 5.74) is 2.73. The summed E-state index contributed by atoms with van der Waals surface area (Å²) in [6.45, 7) is 9.69. The Morgan fingerprint density at radius 3 is 2.72 bits per heavy atom. The highest BCUT2D eigenvalue weighted by molar-refractivity contribution is 6.33. The maximum absolute atomic E-state index is 13.2. The van der Waals surface area contributed by atoms with Crippen molar-refractivity contribution in [3.8, 4) is 11.3 Å². The number of hydrogen-bond acceptors (Lipinski definition) is 7. The van der Waals surface area contributed by atoms with Crippen LogP contribution in [0.25, 0.3) is 22.2 Å². The lowest BCUT2D eigenvalue weighted by molar-refractivity contribution is -0.134. The van der Waals surface area contributed by atoms with Crippen LogP contribution in [0.4, 0.5) is 5.95 Å². The van der Waals surface area contributed by atoms with Gasteiger partial charge in [0.1, 0.15) is 0 Å². The third kappa shape index (κ3) is 6.38. The quantitative estimate of drug-likeness (QED) is 0.416. The normalized spacial score (nSPS) is 21.9. The van der Waals surface area contributed by atoms with Crippen LogP contribution in [0.3, 0.4) is 0 Å². The number of H-pyrrole nitrogens is 1. The van der Waals surface area contributed by atoms with Crippen LogP contribution in [0.2, 0.25) is 5.02 Å². The molecule has 10 heteroatoms. The molecule has 3 aliphatic rings. The zero-order valence-electron chi connectivity index (χ0n) is 22.5. The van der Waals surface area contributed by atoms with E-state index in [4.69, 9.17) is 16.6 Å². The van der Waals surface area contributed by atoms with Crippen LogP contribution in [-0.2, 0) is 4.79 Å². The molecule has 0 saturated carbocycles. The average molecular weight is 551 g/mol. The standard InChI is InChI=1S/C29H39ClN8O/c30-25-17-33-29(35-28(25)24-16-32-26-6-2-1-5-23(24)26)34-22-4-3-11-37(19-22)20-27(39)38-12-7-21(8-13-38)18-36-14-9-31-10-15-36/h1-2,5-6,16-17,21-22,31-32H,3-4,7-15,18-20H2,(H,33,34,35). The summed E-state index contributed by atoms with van der Waals surface area (Å²) in [5, 5.41) is 8.56. The Bertz CT molecular complexity index is 1270. The van der Waals surface area contributed by atoms with E-state index in [0.29, 0.717) is 23.4 Å². The number of carbonyl (C=O) groups is 1. The fourth-order valence-electron chi connectivity index (χ4n) is 6.31. The highest BCUT2D eigenvalue weighted by atomic mass is 35.5. The molecule has 6 rings (SSSR count). The highest BCUT2D eigenvalue weighted by Gasteiger charge is 2.28. The van der Waals surface area contributed by atoms with Crippen molar-refractivity contribution < 1.29 is 4.79 Å². The van der Waals surface area contributed by atoms with Crippen molar-refractivity contribution >= 4 is 34.4 Å². The molecular formula is C29H39ClN8O. The van der Waals surface area contributed by atoms with Crippen LogP contribution in [0.15, 0.2) is 36.7 Å². The molecule has 1 amide bonds. The lowest BCUT2D eigenvalue weighted by atomic mass is 9.95. The molecule has 3 N–H and O–H groups in total. The van der Waals surface area contributed by atoms with Gasteiger partial charge >= 0.3 is 0 Å². The predicted octanol–water partition coefficient (Wildman–Crippen LogP) is 3.30. The number of para-hydroxylation sites is 1. The average Bonchev–Trinajstić information content (AvgIpc) is 3.39. The first-order valence-electron chi connectivity index (χ1n) is 14.4. The van der Waals surface area contributed by atoms with E-state index < -0.39 is 0 Å². The number of nitrogens with zero attached hydrogens (tertiary/aromatic N) is 5. The molecule has 208 valence electrons. The lowest BCUT2D eigenvalue weighted by Gasteiger charge is -2.38. The largest absolute Gasteiger partial charge is 0.360 e. The zero-order chi connectivity index (χ0) is 26.6. The minimum Gasteiger partial charge on any atom is -0.360 e. The summed E-state index contributed by atoms with van der Waals surface area (Å²) in [4.78, 5) is 32.7. The van der Waals surface area contributed by atoms with Gasteiger partial charge in [0.2, 0.25) is 11.9 Å². The van der Waals surface area contributed by atoms with E-state index in [2.05, 4.69) is 41.4 Å². The first-order valence-corrected chi connectivity index (χ1v) is 14.8. The molecule has 3 aromatic rings. The molecule has 9 nitrogen and oxygen atoms in total. The van der Waals surface area contributed by atoms with Crippen LogP contribution in [-0.4, -0.2) is 107 Å². The summed E-state index contributed by atoms with van der Waals surface area (Å²) in [6.07, 6.45) is 7.92. The summed E-state index contributed by atoms with van der Waals surface area (Å²) in [6, 6.07) is 8.32. The topological polar surface area (TPSA) is 92.4 Å². The number of carbonyl (C=O) groups excluding carboxylic acids is 1. The van der Waals surface area contributed by atoms with Crippen molar-refractivity contribution in [2.75, 3.05) is 70.8 Å². The summed E-state index contributed by atoms with van der Waals surface area (Å²) < 4.78 is 0. The van der Waals surface area contributed by atoms with Gasteiger partial charge in [-0.1, -0.05) is 29.8 Å². The Kier molecular flexibility index (Phi) is 8.29. The molecule has 1 unspecified atom stereocenters. The van der Waals surface area contributed by atoms with E-state index in [0.717, 1.165) is 100 Å². The SMILES string of the molecule is O=C(CN1CCCC(Nc2ncc(Cl)c(-c3c[nH]c4ccccc34)n2)C1)N1CCC(CN2CCNCC2)CC1. The molecule has 0 spiro atoms.